The van der Waals surface area contributed by atoms with Crippen molar-refractivity contribution in [1.29, 1.82) is 0 Å². The minimum Gasteiger partial charge on any atom is -0.376 e. The van der Waals surface area contributed by atoms with Crippen molar-refractivity contribution in [2.24, 2.45) is 11.7 Å². The van der Waals surface area contributed by atoms with E-state index in [9.17, 15) is 0 Å². The third-order valence-electron chi connectivity index (χ3n) is 3.06. The van der Waals surface area contributed by atoms with E-state index in [1.165, 1.54) is 23.3 Å². The largest absolute Gasteiger partial charge is 0.376 e. The second-order valence-corrected chi connectivity index (χ2v) is 5.34. The molecule has 1 fully saturated rings. The standard InChI is InChI=1S/C12H19NOS/c1-3-14-12(9-4-5-9)11(13)10-6-7-15-8(10)2/h6-7,9,11-12H,3-5,13H2,1-2H3. The van der Waals surface area contributed by atoms with Crippen LogP contribution in [-0.2, 0) is 4.74 Å². The van der Waals surface area contributed by atoms with Crippen molar-refractivity contribution in [1.82, 2.24) is 0 Å². The smallest absolute Gasteiger partial charge is 0.0795 e. The quantitative estimate of drug-likeness (QED) is 0.836. The second kappa shape index (κ2) is 4.64. The average molecular weight is 225 g/mol. The third kappa shape index (κ3) is 2.41. The molecule has 2 N–H and O–H groups in total. The van der Waals surface area contributed by atoms with Gasteiger partial charge in [0.2, 0.25) is 0 Å². The van der Waals surface area contributed by atoms with Gasteiger partial charge in [-0.1, -0.05) is 0 Å². The summed E-state index contributed by atoms with van der Waals surface area (Å²) in [6.45, 7) is 4.94. The number of ether oxygens (including phenoxy) is 1. The fraction of sp³-hybridized carbons (Fsp3) is 0.667. The zero-order valence-corrected chi connectivity index (χ0v) is 10.2. The minimum atomic E-state index is 0.0590. The Labute approximate surface area is 95.4 Å². The molecular formula is C12H19NOS. The highest BCUT2D eigenvalue weighted by molar-refractivity contribution is 7.10. The molecule has 84 valence electrons. The van der Waals surface area contributed by atoms with E-state index in [-0.39, 0.29) is 12.1 Å². The molecule has 0 amide bonds. The monoisotopic (exact) mass is 225 g/mol. The summed E-state index contributed by atoms with van der Waals surface area (Å²) >= 11 is 1.76. The highest BCUT2D eigenvalue weighted by Crippen LogP contribution is 2.40. The SMILES string of the molecule is CCOC(C1CC1)C(N)c1ccsc1C. The van der Waals surface area contributed by atoms with Gasteiger partial charge in [0, 0.05) is 11.5 Å². The van der Waals surface area contributed by atoms with Crippen molar-refractivity contribution >= 4 is 11.3 Å². The van der Waals surface area contributed by atoms with E-state index < -0.39 is 0 Å². The van der Waals surface area contributed by atoms with Gasteiger partial charge in [0.15, 0.2) is 0 Å². The number of nitrogens with two attached hydrogens (primary N) is 1. The van der Waals surface area contributed by atoms with Crippen LogP contribution in [0.5, 0.6) is 0 Å². The Hall–Kier alpha value is -0.380. The number of hydrogen-bond donors (Lipinski definition) is 1. The molecule has 15 heavy (non-hydrogen) atoms. The van der Waals surface area contributed by atoms with E-state index in [0.29, 0.717) is 5.92 Å². The van der Waals surface area contributed by atoms with Gasteiger partial charge in [0.25, 0.3) is 0 Å². The van der Waals surface area contributed by atoms with Gasteiger partial charge in [-0.2, -0.15) is 0 Å². The molecule has 0 aliphatic heterocycles. The molecule has 1 aliphatic carbocycles. The van der Waals surface area contributed by atoms with Gasteiger partial charge in [-0.25, -0.2) is 0 Å². The van der Waals surface area contributed by atoms with Gasteiger partial charge in [-0.15, -0.1) is 11.3 Å². The summed E-state index contributed by atoms with van der Waals surface area (Å²) in [5.41, 5.74) is 7.56. The summed E-state index contributed by atoms with van der Waals surface area (Å²) in [6.07, 6.45) is 2.78. The average Bonchev–Trinajstić information content (AvgIpc) is 2.97. The third-order valence-corrected chi connectivity index (χ3v) is 3.92. The van der Waals surface area contributed by atoms with E-state index in [2.05, 4.69) is 18.4 Å². The van der Waals surface area contributed by atoms with Crippen LogP contribution in [0.4, 0.5) is 0 Å². The number of hydrogen-bond acceptors (Lipinski definition) is 3. The molecule has 2 rings (SSSR count). The Kier molecular flexibility index (Phi) is 3.44. The van der Waals surface area contributed by atoms with Gasteiger partial charge < -0.3 is 10.5 Å². The Morgan fingerprint density at radius 1 is 1.60 bits per heavy atom. The molecular weight excluding hydrogens is 206 g/mol. The molecule has 1 aromatic heterocycles. The molecule has 2 atom stereocenters. The summed E-state index contributed by atoms with van der Waals surface area (Å²) in [5, 5.41) is 2.11. The molecule has 0 spiro atoms. The summed E-state index contributed by atoms with van der Waals surface area (Å²) in [6, 6.07) is 2.20. The molecule has 1 aliphatic rings. The highest BCUT2D eigenvalue weighted by atomic mass is 32.1. The van der Waals surface area contributed by atoms with Crippen molar-refractivity contribution in [3.05, 3.63) is 21.9 Å². The fourth-order valence-electron chi connectivity index (χ4n) is 2.07. The maximum Gasteiger partial charge on any atom is 0.0795 e. The zero-order valence-electron chi connectivity index (χ0n) is 9.40. The van der Waals surface area contributed by atoms with Gasteiger partial charge in [0.05, 0.1) is 12.1 Å². The van der Waals surface area contributed by atoms with Crippen molar-refractivity contribution in [3.8, 4) is 0 Å². The van der Waals surface area contributed by atoms with Gasteiger partial charge in [0.1, 0.15) is 0 Å². The predicted octanol–water partition coefficient (Wildman–Crippen LogP) is 2.87. The normalized spacial score (nSPS) is 20.2. The molecule has 0 saturated heterocycles. The maximum atomic E-state index is 6.29. The lowest BCUT2D eigenvalue weighted by Gasteiger charge is -2.23. The molecule has 1 aromatic rings. The van der Waals surface area contributed by atoms with E-state index in [1.807, 2.05) is 6.92 Å². The van der Waals surface area contributed by atoms with E-state index in [0.717, 1.165) is 6.61 Å². The van der Waals surface area contributed by atoms with Crippen molar-refractivity contribution in [2.45, 2.75) is 38.8 Å². The van der Waals surface area contributed by atoms with Crippen LogP contribution in [0.15, 0.2) is 11.4 Å². The number of aryl methyl sites for hydroxylation is 1. The van der Waals surface area contributed by atoms with Crippen LogP contribution in [0.2, 0.25) is 0 Å². The fourth-order valence-corrected chi connectivity index (χ4v) is 2.83. The Morgan fingerprint density at radius 3 is 2.80 bits per heavy atom. The van der Waals surface area contributed by atoms with Gasteiger partial charge in [-0.3, -0.25) is 0 Å². The summed E-state index contributed by atoms with van der Waals surface area (Å²) in [4.78, 5) is 1.33. The number of rotatable bonds is 5. The van der Waals surface area contributed by atoms with E-state index >= 15 is 0 Å². The van der Waals surface area contributed by atoms with E-state index in [4.69, 9.17) is 10.5 Å². The molecule has 0 bridgehead atoms. The van der Waals surface area contributed by atoms with Crippen LogP contribution < -0.4 is 5.73 Å². The van der Waals surface area contributed by atoms with Crippen LogP contribution >= 0.6 is 11.3 Å². The second-order valence-electron chi connectivity index (χ2n) is 4.22. The highest BCUT2D eigenvalue weighted by Gasteiger charge is 2.36. The Morgan fingerprint density at radius 2 is 2.33 bits per heavy atom. The lowest BCUT2D eigenvalue weighted by molar-refractivity contribution is 0.0283. The van der Waals surface area contributed by atoms with Crippen LogP contribution in [0, 0.1) is 12.8 Å². The van der Waals surface area contributed by atoms with Gasteiger partial charge >= 0.3 is 0 Å². The number of thiophene rings is 1. The molecule has 2 unspecified atom stereocenters. The van der Waals surface area contributed by atoms with Crippen LogP contribution in [0.3, 0.4) is 0 Å². The van der Waals surface area contributed by atoms with Crippen LogP contribution in [0.1, 0.15) is 36.2 Å². The van der Waals surface area contributed by atoms with Crippen LogP contribution in [-0.4, -0.2) is 12.7 Å². The molecule has 3 heteroatoms. The first-order valence-corrected chi connectivity index (χ1v) is 6.53. The molecule has 0 radical (unpaired) electrons. The first-order valence-electron chi connectivity index (χ1n) is 5.65. The minimum absolute atomic E-state index is 0.0590. The molecule has 1 heterocycles. The summed E-state index contributed by atoms with van der Waals surface area (Å²) in [5.74, 6) is 0.694. The van der Waals surface area contributed by atoms with Gasteiger partial charge in [-0.05, 0) is 49.6 Å². The predicted molar refractivity (Wildman–Crippen MR) is 64.1 cm³/mol. The molecule has 2 nitrogen and oxygen atoms in total. The van der Waals surface area contributed by atoms with E-state index in [1.54, 1.807) is 11.3 Å². The Bertz CT molecular complexity index is 319. The lowest BCUT2D eigenvalue weighted by atomic mass is 10.00. The van der Waals surface area contributed by atoms with Crippen LogP contribution in [0.25, 0.3) is 0 Å². The van der Waals surface area contributed by atoms with Crippen molar-refractivity contribution < 1.29 is 4.74 Å². The molecule has 0 aromatic carbocycles. The lowest BCUT2D eigenvalue weighted by Crippen LogP contribution is -2.31. The maximum absolute atomic E-state index is 6.29. The zero-order chi connectivity index (χ0) is 10.8. The Balaban J connectivity index is 2.10. The first kappa shape index (κ1) is 11.1. The topological polar surface area (TPSA) is 35.2 Å². The van der Waals surface area contributed by atoms with Crippen molar-refractivity contribution in [3.63, 3.8) is 0 Å². The molecule has 1 saturated carbocycles. The summed E-state index contributed by atoms with van der Waals surface area (Å²) < 4.78 is 5.79. The summed E-state index contributed by atoms with van der Waals surface area (Å²) in [7, 11) is 0. The first-order chi connectivity index (χ1) is 7.24. The van der Waals surface area contributed by atoms with Crippen molar-refractivity contribution in [2.75, 3.05) is 6.61 Å².